The molecule has 1 amide bonds. The molecule has 3 fully saturated rings. The molecule has 1 aromatic carbocycles. The third kappa shape index (κ3) is 4.74. The summed E-state index contributed by atoms with van der Waals surface area (Å²) >= 11 is 0. The van der Waals surface area contributed by atoms with Crippen LogP contribution in [0.3, 0.4) is 0 Å². The Morgan fingerprint density at radius 1 is 1.09 bits per heavy atom. The summed E-state index contributed by atoms with van der Waals surface area (Å²) in [5.74, 6) is 0.905. The van der Waals surface area contributed by atoms with Gasteiger partial charge in [0.05, 0.1) is 11.1 Å². The van der Waals surface area contributed by atoms with Gasteiger partial charge in [-0.2, -0.15) is 0 Å². The van der Waals surface area contributed by atoms with Crippen LogP contribution < -0.4 is 4.90 Å². The Bertz CT molecular complexity index is 984. The van der Waals surface area contributed by atoms with Gasteiger partial charge in [-0.05, 0) is 81.8 Å². The Labute approximate surface area is 195 Å². The number of hydrogen-bond donors (Lipinski definition) is 0. The molecule has 3 saturated heterocycles. The molecular formula is C26H34FN5O. The van der Waals surface area contributed by atoms with Gasteiger partial charge in [-0.3, -0.25) is 9.69 Å². The van der Waals surface area contributed by atoms with E-state index < -0.39 is 0 Å². The molecule has 5 rings (SSSR count). The van der Waals surface area contributed by atoms with Gasteiger partial charge in [0.15, 0.2) is 0 Å². The Kier molecular flexibility index (Phi) is 6.32. The third-order valence-electron chi connectivity index (χ3n) is 7.85. The lowest BCUT2D eigenvalue weighted by atomic mass is 9.75. The molecule has 3 aliphatic heterocycles. The SMILES string of the molecule is CN1C(=O)C2(CCN(Cc3ccnc(N4CCCCC4)n3)CC2)C[C@H]1Cc1cccc(F)c1. The van der Waals surface area contributed by atoms with Gasteiger partial charge in [0.1, 0.15) is 5.82 Å². The predicted molar refractivity (Wildman–Crippen MR) is 126 cm³/mol. The number of carbonyl (C=O) groups is 1. The topological polar surface area (TPSA) is 52.6 Å². The van der Waals surface area contributed by atoms with Gasteiger partial charge in [-0.1, -0.05) is 12.1 Å². The molecule has 3 aliphatic rings. The van der Waals surface area contributed by atoms with Crippen LogP contribution in [-0.2, 0) is 17.8 Å². The highest BCUT2D eigenvalue weighted by Gasteiger charge is 2.51. The third-order valence-corrected chi connectivity index (χ3v) is 7.85. The second-order valence-electron chi connectivity index (χ2n) is 10.1. The fourth-order valence-electron chi connectivity index (χ4n) is 5.87. The van der Waals surface area contributed by atoms with Crippen LogP contribution in [0, 0.1) is 11.2 Å². The number of benzene rings is 1. The smallest absolute Gasteiger partial charge is 0.228 e. The number of piperidine rings is 2. The van der Waals surface area contributed by atoms with E-state index in [2.05, 4.69) is 14.8 Å². The van der Waals surface area contributed by atoms with E-state index in [1.807, 2.05) is 30.3 Å². The van der Waals surface area contributed by atoms with Crippen molar-refractivity contribution in [3.05, 3.63) is 53.6 Å². The van der Waals surface area contributed by atoms with Gasteiger partial charge < -0.3 is 9.80 Å². The van der Waals surface area contributed by atoms with Crippen LogP contribution >= 0.6 is 0 Å². The van der Waals surface area contributed by atoms with E-state index in [9.17, 15) is 9.18 Å². The number of carbonyl (C=O) groups excluding carboxylic acids is 1. The highest BCUT2D eigenvalue weighted by atomic mass is 19.1. The average Bonchev–Trinajstić information content (AvgIpc) is 3.06. The van der Waals surface area contributed by atoms with Crippen molar-refractivity contribution in [2.75, 3.05) is 38.1 Å². The first-order valence-corrected chi connectivity index (χ1v) is 12.3. The standard InChI is InChI=1S/C26H34FN5O/c1-30-23(17-20-6-5-7-21(27)16-20)18-26(24(30)33)9-14-31(15-10-26)19-22-8-11-28-25(29-22)32-12-3-2-4-13-32/h5-8,11,16,23H,2-4,9-10,12-15,17-19H2,1H3/t23-/m1/s1. The van der Waals surface area contributed by atoms with E-state index in [0.717, 1.165) is 69.2 Å². The summed E-state index contributed by atoms with van der Waals surface area (Å²) in [6.07, 6.45) is 8.92. The number of hydrogen-bond acceptors (Lipinski definition) is 5. The van der Waals surface area contributed by atoms with Crippen LogP contribution in [0.1, 0.15) is 49.8 Å². The number of amides is 1. The number of nitrogens with zero attached hydrogens (tertiary/aromatic N) is 5. The van der Waals surface area contributed by atoms with Crippen molar-refractivity contribution in [2.24, 2.45) is 5.41 Å². The molecule has 0 radical (unpaired) electrons. The maximum atomic E-state index is 13.6. The van der Waals surface area contributed by atoms with Crippen molar-refractivity contribution in [1.82, 2.24) is 19.8 Å². The van der Waals surface area contributed by atoms with Crippen LogP contribution in [0.4, 0.5) is 10.3 Å². The van der Waals surface area contributed by atoms with Crippen molar-refractivity contribution in [3.63, 3.8) is 0 Å². The molecule has 6 nitrogen and oxygen atoms in total. The Balaban J connectivity index is 1.19. The van der Waals surface area contributed by atoms with Gasteiger partial charge in [-0.15, -0.1) is 0 Å². The maximum absolute atomic E-state index is 13.6. The van der Waals surface area contributed by atoms with Gasteiger partial charge in [0.25, 0.3) is 0 Å². The predicted octanol–water partition coefficient (Wildman–Crippen LogP) is 3.66. The summed E-state index contributed by atoms with van der Waals surface area (Å²) in [5.41, 5.74) is 1.75. The maximum Gasteiger partial charge on any atom is 0.228 e. The Morgan fingerprint density at radius 3 is 2.64 bits per heavy atom. The highest BCUT2D eigenvalue weighted by Crippen LogP contribution is 2.44. The lowest BCUT2D eigenvalue weighted by molar-refractivity contribution is -0.137. The normalized spacial score (nSPS) is 23.5. The van der Waals surface area contributed by atoms with E-state index in [1.54, 1.807) is 12.1 Å². The molecule has 2 aromatic rings. The molecule has 0 aliphatic carbocycles. The molecule has 0 saturated carbocycles. The number of anilines is 1. The van der Waals surface area contributed by atoms with Crippen LogP contribution in [-0.4, -0.2) is 64.9 Å². The first-order chi connectivity index (χ1) is 16.0. The number of rotatable bonds is 5. The number of halogens is 1. The number of likely N-dealkylation sites (N-methyl/N-ethyl adjacent to an activating group) is 1. The summed E-state index contributed by atoms with van der Waals surface area (Å²) in [5, 5.41) is 0. The number of aromatic nitrogens is 2. The van der Waals surface area contributed by atoms with Gasteiger partial charge in [-0.25, -0.2) is 14.4 Å². The van der Waals surface area contributed by atoms with E-state index in [1.165, 1.54) is 25.3 Å². The van der Waals surface area contributed by atoms with Crippen molar-refractivity contribution < 1.29 is 9.18 Å². The second-order valence-corrected chi connectivity index (χ2v) is 10.1. The largest absolute Gasteiger partial charge is 0.342 e. The van der Waals surface area contributed by atoms with E-state index >= 15 is 0 Å². The van der Waals surface area contributed by atoms with Gasteiger partial charge in [0, 0.05) is 38.9 Å². The quantitative estimate of drug-likeness (QED) is 0.695. The van der Waals surface area contributed by atoms with Crippen molar-refractivity contribution in [1.29, 1.82) is 0 Å². The highest BCUT2D eigenvalue weighted by molar-refractivity contribution is 5.85. The van der Waals surface area contributed by atoms with Gasteiger partial charge in [0.2, 0.25) is 11.9 Å². The molecule has 33 heavy (non-hydrogen) atoms. The lowest BCUT2D eigenvalue weighted by Crippen LogP contribution is -2.44. The molecule has 4 heterocycles. The van der Waals surface area contributed by atoms with Crippen LogP contribution in [0.2, 0.25) is 0 Å². The zero-order chi connectivity index (χ0) is 22.8. The van der Waals surface area contributed by atoms with Crippen molar-refractivity contribution >= 4 is 11.9 Å². The molecule has 1 aromatic heterocycles. The molecule has 0 N–H and O–H groups in total. The zero-order valence-corrected chi connectivity index (χ0v) is 19.5. The van der Waals surface area contributed by atoms with E-state index in [-0.39, 0.29) is 23.2 Å². The molecule has 1 atom stereocenters. The lowest BCUT2D eigenvalue weighted by Gasteiger charge is -2.37. The number of likely N-dealkylation sites (tertiary alicyclic amines) is 2. The molecular weight excluding hydrogens is 417 g/mol. The Hall–Kier alpha value is -2.54. The summed E-state index contributed by atoms with van der Waals surface area (Å²) < 4.78 is 13.6. The average molecular weight is 452 g/mol. The molecule has 176 valence electrons. The molecule has 1 spiro atoms. The minimum Gasteiger partial charge on any atom is -0.342 e. The first kappa shape index (κ1) is 22.3. The Morgan fingerprint density at radius 2 is 1.88 bits per heavy atom. The van der Waals surface area contributed by atoms with Crippen molar-refractivity contribution in [2.45, 2.75) is 57.5 Å². The monoisotopic (exact) mass is 451 g/mol. The summed E-state index contributed by atoms with van der Waals surface area (Å²) in [4.78, 5) is 29.2. The van der Waals surface area contributed by atoms with Crippen LogP contribution in [0.15, 0.2) is 36.5 Å². The molecule has 0 bridgehead atoms. The summed E-state index contributed by atoms with van der Waals surface area (Å²) in [6.45, 7) is 4.69. The van der Waals surface area contributed by atoms with Gasteiger partial charge >= 0.3 is 0 Å². The van der Waals surface area contributed by atoms with Crippen molar-refractivity contribution in [3.8, 4) is 0 Å². The molecule has 7 heteroatoms. The molecule has 0 unspecified atom stereocenters. The van der Waals surface area contributed by atoms with E-state index in [4.69, 9.17) is 4.98 Å². The van der Waals surface area contributed by atoms with E-state index in [0.29, 0.717) is 6.42 Å². The van der Waals surface area contributed by atoms with Crippen LogP contribution in [0.25, 0.3) is 0 Å². The minimum atomic E-state index is -0.270. The fourth-order valence-corrected chi connectivity index (χ4v) is 5.87. The fraction of sp³-hybridized carbons (Fsp3) is 0.577. The van der Waals surface area contributed by atoms with Crippen LogP contribution in [0.5, 0.6) is 0 Å². The second kappa shape index (κ2) is 9.37. The summed E-state index contributed by atoms with van der Waals surface area (Å²) in [6, 6.07) is 8.92. The minimum absolute atomic E-state index is 0.139. The zero-order valence-electron chi connectivity index (χ0n) is 19.5. The first-order valence-electron chi connectivity index (χ1n) is 12.3. The summed E-state index contributed by atoms with van der Waals surface area (Å²) in [7, 11) is 1.91.